The molecule has 1 N–H and O–H groups in total. The van der Waals surface area contributed by atoms with Gasteiger partial charge in [-0.25, -0.2) is 8.42 Å². The Morgan fingerprint density at radius 3 is 2.52 bits per heavy atom. The summed E-state index contributed by atoms with van der Waals surface area (Å²) in [5, 5.41) is 2.78. The lowest BCUT2D eigenvalue weighted by molar-refractivity contribution is -0.122. The number of benzene rings is 2. The summed E-state index contributed by atoms with van der Waals surface area (Å²) in [6, 6.07) is 12.1. The molecule has 178 valence electrons. The zero-order valence-corrected chi connectivity index (χ0v) is 20.3. The normalized spacial score (nSPS) is 16.3. The summed E-state index contributed by atoms with van der Waals surface area (Å²) >= 11 is 0. The molecule has 1 fully saturated rings. The summed E-state index contributed by atoms with van der Waals surface area (Å²) < 4.78 is 32.5. The van der Waals surface area contributed by atoms with Crippen LogP contribution in [0, 0.1) is 5.92 Å². The summed E-state index contributed by atoms with van der Waals surface area (Å²) in [4.78, 5) is 27.4. The van der Waals surface area contributed by atoms with Crippen molar-refractivity contribution in [1.82, 2.24) is 4.31 Å². The van der Waals surface area contributed by atoms with Gasteiger partial charge in [0.25, 0.3) is 0 Å². The number of carbonyl (C=O) groups excluding carboxylic acids is 2. The summed E-state index contributed by atoms with van der Waals surface area (Å²) in [6.45, 7) is 6.52. The van der Waals surface area contributed by atoms with Crippen molar-refractivity contribution in [2.45, 2.75) is 38.5 Å². The zero-order valence-electron chi connectivity index (χ0n) is 19.5. The van der Waals surface area contributed by atoms with Crippen molar-refractivity contribution in [3.63, 3.8) is 0 Å². The van der Waals surface area contributed by atoms with Gasteiger partial charge in [-0.15, -0.1) is 0 Å². The van der Waals surface area contributed by atoms with Crippen molar-refractivity contribution < 1.29 is 22.7 Å². The molecule has 0 bridgehead atoms. The van der Waals surface area contributed by atoms with Crippen LogP contribution >= 0.6 is 0 Å². The Kier molecular flexibility index (Phi) is 7.76. The molecule has 0 radical (unpaired) electrons. The Hall–Kier alpha value is -2.91. The second-order valence-electron chi connectivity index (χ2n) is 7.87. The van der Waals surface area contributed by atoms with E-state index in [0.717, 1.165) is 17.7 Å². The summed E-state index contributed by atoms with van der Waals surface area (Å²) in [7, 11) is -2.25. The van der Waals surface area contributed by atoms with Crippen LogP contribution in [0.2, 0.25) is 0 Å². The highest BCUT2D eigenvalue weighted by atomic mass is 32.2. The van der Waals surface area contributed by atoms with Crippen LogP contribution in [-0.4, -0.2) is 51.3 Å². The Morgan fingerprint density at radius 1 is 1.15 bits per heavy atom. The number of nitrogens with one attached hydrogen (secondary N) is 1. The molecule has 2 aromatic rings. The molecule has 1 heterocycles. The fraction of sp³-hybridized carbons (Fsp3) is 0.417. The number of sulfonamides is 1. The fourth-order valence-corrected chi connectivity index (χ4v) is 5.45. The van der Waals surface area contributed by atoms with Crippen LogP contribution < -0.4 is 15.0 Å². The number of hydrogen-bond donors (Lipinski definition) is 1. The van der Waals surface area contributed by atoms with Crippen molar-refractivity contribution in [1.29, 1.82) is 0 Å². The van der Waals surface area contributed by atoms with Gasteiger partial charge in [-0.05, 0) is 42.3 Å². The van der Waals surface area contributed by atoms with Gasteiger partial charge in [0, 0.05) is 31.7 Å². The van der Waals surface area contributed by atoms with E-state index in [1.54, 1.807) is 18.7 Å². The number of methoxy groups -OCH3 is 1. The van der Waals surface area contributed by atoms with Gasteiger partial charge in [-0.2, -0.15) is 4.31 Å². The quantitative estimate of drug-likeness (QED) is 0.603. The SMILES string of the molecule is CCc1cccc(N2C[C@H](C(=O)Nc3cc(S(=O)(=O)N(CC)CC)ccc3OC)CC2=O)c1. The molecule has 0 saturated carbocycles. The maximum Gasteiger partial charge on any atom is 0.243 e. The second kappa shape index (κ2) is 10.4. The largest absolute Gasteiger partial charge is 0.495 e. The minimum absolute atomic E-state index is 0.0720. The average molecular weight is 474 g/mol. The molecule has 1 aliphatic heterocycles. The number of aryl methyl sites for hydroxylation is 1. The van der Waals surface area contributed by atoms with Gasteiger partial charge in [-0.1, -0.05) is 32.9 Å². The molecule has 2 amide bonds. The number of hydrogen-bond acceptors (Lipinski definition) is 5. The minimum Gasteiger partial charge on any atom is -0.495 e. The van der Waals surface area contributed by atoms with E-state index in [-0.39, 0.29) is 35.4 Å². The highest BCUT2D eigenvalue weighted by Gasteiger charge is 2.35. The molecule has 0 unspecified atom stereocenters. The molecule has 33 heavy (non-hydrogen) atoms. The topological polar surface area (TPSA) is 96.0 Å². The minimum atomic E-state index is -3.70. The Balaban J connectivity index is 1.81. The summed E-state index contributed by atoms with van der Waals surface area (Å²) in [6.07, 6.45) is 0.939. The van der Waals surface area contributed by atoms with E-state index < -0.39 is 15.9 Å². The van der Waals surface area contributed by atoms with Crippen LogP contribution in [0.1, 0.15) is 32.8 Å². The first-order valence-electron chi connectivity index (χ1n) is 11.1. The standard InChI is InChI=1S/C24H31N3O5S/c1-5-17-9-8-10-19(13-17)27-16-18(14-23(27)28)24(29)25-21-15-20(11-12-22(21)32-4)33(30,31)26(6-2)7-3/h8-13,15,18H,5-7,14,16H2,1-4H3,(H,25,29)/t18-/m1/s1. The Morgan fingerprint density at radius 2 is 1.88 bits per heavy atom. The van der Waals surface area contributed by atoms with Gasteiger partial charge in [0.2, 0.25) is 21.8 Å². The zero-order chi connectivity index (χ0) is 24.2. The fourth-order valence-electron chi connectivity index (χ4n) is 3.97. The summed E-state index contributed by atoms with van der Waals surface area (Å²) in [5.41, 5.74) is 2.15. The predicted octanol–water partition coefficient (Wildman–Crippen LogP) is 3.28. The van der Waals surface area contributed by atoms with Crippen LogP contribution in [0.5, 0.6) is 5.75 Å². The van der Waals surface area contributed by atoms with Gasteiger partial charge in [0.1, 0.15) is 5.75 Å². The molecule has 1 aliphatic rings. The number of rotatable bonds is 9. The third-order valence-electron chi connectivity index (χ3n) is 5.90. The first-order chi connectivity index (χ1) is 15.7. The van der Waals surface area contributed by atoms with Crippen LogP contribution in [0.15, 0.2) is 47.4 Å². The van der Waals surface area contributed by atoms with Crippen LogP contribution in [0.3, 0.4) is 0 Å². The lowest BCUT2D eigenvalue weighted by Gasteiger charge is -2.20. The highest BCUT2D eigenvalue weighted by Crippen LogP contribution is 2.31. The van der Waals surface area contributed by atoms with Crippen LogP contribution in [0.4, 0.5) is 11.4 Å². The van der Waals surface area contributed by atoms with Gasteiger partial charge in [0.15, 0.2) is 0 Å². The molecular formula is C24H31N3O5S. The number of ether oxygens (including phenoxy) is 1. The lowest BCUT2D eigenvalue weighted by Crippen LogP contribution is -2.31. The number of anilines is 2. The number of amides is 2. The molecule has 0 aromatic heterocycles. The molecule has 8 nitrogen and oxygen atoms in total. The van der Waals surface area contributed by atoms with Crippen molar-refractivity contribution in [3.8, 4) is 5.75 Å². The average Bonchev–Trinajstić information content (AvgIpc) is 3.21. The molecular weight excluding hydrogens is 442 g/mol. The van der Waals surface area contributed by atoms with E-state index in [9.17, 15) is 18.0 Å². The maximum atomic E-state index is 13.0. The molecule has 1 saturated heterocycles. The maximum absolute atomic E-state index is 13.0. The van der Waals surface area contributed by atoms with E-state index in [2.05, 4.69) is 5.32 Å². The van der Waals surface area contributed by atoms with E-state index in [4.69, 9.17) is 4.74 Å². The third-order valence-corrected chi connectivity index (χ3v) is 7.94. The van der Waals surface area contributed by atoms with Gasteiger partial charge in [0.05, 0.1) is 23.6 Å². The van der Waals surface area contributed by atoms with Gasteiger partial charge >= 0.3 is 0 Å². The second-order valence-corrected chi connectivity index (χ2v) is 9.81. The van der Waals surface area contributed by atoms with Crippen molar-refractivity contribution in [3.05, 3.63) is 48.0 Å². The predicted molar refractivity (Wildman–Crippen MR) is 128 cm³/mol. The molecule has 0 aliphatic carbocycles. The van der Waals surface area contributed by atoms with Crippen molar-refractivity contribution in [2.75, 3.05) is 37.0 Å². The molecule has 1 atom stereocenters. The monoisotopic (exact) mass is 473 g/mol. The van der Waals surface area contributed by atoms with E-state index in [1.807, 2.05) is 31.2 Å². The first kappa shape index (κ1) is 24.7. The Labute approximate surface area is 195 Å². The van der Waals surface area contributed by atoms with Gasteiger partial charge < -0.3 is 15.0 Å². The first-order valence-corrected chi connectivity index (χ1v) is 12.6. The number of carbonyl (C=O) groups is 2. The van der Waals surface area contributed by atoms with E-state index in [1.165, 1.54) is 29.6 Å². The van der Waals surface area contributed by atoms with Gasteiger partial charge in [-0.3, -0.25) is 9.59 Å². The Bertz CT molecular complexity index is 1130. The molecule has 2 aromatic carbocycles. The summed E-state index contributed by atoms with van der Waals surface area (Å²) in [5.74, 6) is -0.685. The van der Waals surface area contributed by atoms with E-state index in [0.29, 0.717) is 18.8 Å². The lowest BCUT2D eigenvalue weighted by atomic mass is 10.1. The number of nitrogens with zero attached hydrogens (tertiary/aromatic N) is 2. The van der Waals surface area contributed by atoms with E-state index >= 15 is 0 Å². The molecule has 3 rings (SSSR count). The van der Waals surface area contributed by atoms with Crippen LogP contribution in [0.25, 0.3) is 0 Å². The smallest absolute Gasteiger partial charge is 0.243 e. The molecule has 0 spiro atoms. The molecule has 9 heteroatoms. The van der Waals surface area contributed by atoms with Crippen LogP contribution in [-0.2, 0) is 26.0 Å². The highest BCUT2D eigenvalue weighted by molar-refractivity contribution is 7.89. The van der Waals surface area contributed by atoms with Crippen molar-refractivity contribution in [2.24, 2.45) is 5.92 Å². The third kappa shape index (κ3) is 5.20. The van der Waals surface area contributed by atoms with Crippen molar-refractivity contribution >= 4 is 33.2 Å².